The molecule has 0 spiro atoms. The zero-order valence-corrected chi connectivity index (χ0v) is 17.6. The minimum absolute atomic E-state index is 0.206. The summed E-state index contributed by atoms with van der Waals surface area (Å²) in [5, 5.41) is 0. The Hall–Kier alpha value is 0.550. The van der Waals surface area contributed by atoms with Crippen LogP contribution in [-0.4, -0.2) is 20.1 Å². The number of hydrogen-bond acceptors (Lipinski definition) is 3. The van der Waals surface area contributed by atoms with Gasteiger partial charge in [-0.25, -0.2) is 4.57 Å². The maximum atomic E-state index is 10.9. The van der Waals surface area contributed by atoms with Gasteiger partial charge in [0, 0.05) is 0 Å². The number of phosphoric acid groups is 1. The Balaban J connectivity index is 3.43. The summed E-state index contributed by atoms with van der Waals surface area (Å²) < 4.78 is 15.7. The molecule has 1 unspecified atom stereocenters. The minimum atomic E-state index is -4.50. The summed E-state index contributed by atoms with van der Waals surface area (Å²) in [6.45, 7) is 2.25. The smallest absolute Gasteiger partial charge is 0.303 e. The van der Waals surface area contributed by atoms with Crippen LogP contribution in [0.15, 0.2) is 0 Å². The van der Waals surface area contributed by atoms with Gasteiger partial charge in [-0.3, -0.25) is 4.52 Å². The van der Waals surface area contributed by atoms with Gasteiger partial charge >= 0.3 is 7.82 Å². The Morgan fingerprint density at radius 1 is 0.917 bits per heavy atom. The number of thiol groups is 1. The number of phosphoric ester groups is 1. The van der Waals surface area contributed by atoms with Crippen molar-refractivity contribution in [3.8, 4) is 0 Å². The van der Waals surface area contributed by atoms with Crippen LogP contribution in [0.3, 0.4) is 0 Å². The largest absolute Gasteiger partial charge is 0.470 e. The number of unbranched alkanes of at least 4 members (excludes halogenated alkanes) is 12. The standard InChI is InChI=1S/C17H35O4PS2/c1-2-3-4-5-6-7-8-9-10-11-12-13-14-15-16(17(23)24)21-22(18,19)20/h16H,2-15H2,1H3,(H,23,24)(H2,18,19,20). The van der Waals surface area contributed by atoms with Crippen LogP contribution in [-0.2, 0) is 9.09 Å². The number of rotatable bonds is 17. The lowest BCUT2D eigenvalue weighted by molar-refractivity contribution is 0.166. The molecule has 0 aliphatic carbocycles. The Morgan fingerprint density at radius 3 is 1.62 bits per heavy atom. The summed E-state index contributed by atoms with van der Waals surface area (Å²) in [5.41, 5.74) is 0. The van der Waals surface area contributed by atoms with Gasteiger partial charge in [-0.05, 0) is 6.42 Å². The third kappa shape index (κ3) is 17.4. The molecule has 0 saturated carbocycles. The highest BCUT2D eigenvalue weighted by Gasteiger charge is 2.23. The van der Waals surface area contributed by atoms with E-state index < -0.39 is 13.9 Å². The fourth-order valence-electron chi connectivity index (χ4n) is 2.73. The lowest BCUT2D eigenvalue weighted by Crippen LogP contribution is -2.17. The summed E-state index contributed by atoms with van der Waals surface area (Å²) in [5.74, 6) is 0. The van der Waals surface area contributed by atoms with Crippen LogP contribution in [0.4, 0.5) is 0 Å². The van der Waals surface area contributed by atoms with Crippen molar-refractivity contribution in [2.45, 2.75) is 103 Å². The highest BCUT2D eigenvalue weighted by Crippen LogP contribution is 2.39. The monoisotopic (exact) mass is 398 g/mol. The van der Waals surface area contributed by atoms with Gasteiger partial charge in [-0.15, -0.1) is 12.6 Å². The maximum Gasteiger partial charge on any atom is 0.470 e. The lowest BCUT2D eigenvalue weighted by Gasteiger charge is -2.16. The van der Waals surface area contributed by atoms with E-state index >= 15 is 0 Å². The molecular formula is C17H35O4PS2. The number of hydrogen-bond donors (Lipinski definition) is 3. The molecule has 0 radical (unpaired) electrons. The molecule has 0 amide bonds. The first-order valence-electron chi connectivity index (χ1n) is 9.33. The van der Waals surface area contributed by atoms with Gasteiger partial charge in [0.1, 0.15) is 6.10 Å². The third-order valence-corrected chi connectivity index (χ3v) is 5.19. The summed E-state index contributed by atoms with van der Waals surface area (Å²) >= 11 is 8.86. The summed E-state index contributed by atoms with van der Waals surface area (Å²) in [7, 11) is -4.50. The predicted molar refractivity (Wildman–Crippen MR) is 109 cm³/mol. The SMILES string of the molecule is CCCCCCCCCCCCCCCC(OP(=O)(O)O)C(=S)S. The molecule has 4 nitrogen and oxygen atoms in total. The van der Waals surface area contributed by atoms with E-state index in [1.165, 1.54) is 64.2 Å². The summed E-state index contributed by atoms with van der Waals surface area (Å²) in [6, 6.07) is 0. The average Bonchev–Trinajstić information content (AvgIpc) is 2.49. The molecule has 144 valence electrons. The first kappa shape index (κ1) is 24.6. The van der Waals surface area contributed by atoms with E-state index in [1.54, 1.807) is 0 Å². The molecule has 0 aromatic carbocycles. The highest BCUT2D eigenvalue weighted by molar-refractivity contribution is 8.11. The number of thiocarbonyl (C=S) groups is 1. The fraction of sp³-hybridized carbons (Fsp3) is 0.941. The van der Waals surface area contributed by atoms with Gasteiger partial charge < -0.3 is 9.79 Å². The van der Waals surface area contributed by atoms with Gasteiger partial charge in [-0.2, -0.15) is 0 Å². The van der Waals surface area contributed by atoms with Gasteiger partial charge in [0.15, 0.2) is 0 Å². The fourth-order valence-corrected chi connectivity index (χ4v) is 3.78. The molecule has 0 fully saturated rings. The molecule has 0 aromatic rings. The first-order chi connectivity index (χ1) is 11.4. The van der Waals surface area contributed by atoms with Crippen molar-refractivity contribution in [2.24, 2.45) is 0 Å². The molecule has 24 heavy (non-hydrogen) atoms. The molecule has 0 rings (SSSR count). The predicted octanol–water partition coefficient (Wildman–Crippen LogP) is 6.20. The van der Waals surface area contributed by atoms with Crippen molar-refractivity contribution in [1.29, 1.82) is 0 Å². The van der Waals surface area contributed by atoms with Crippen molar-refractivity contribution in [3.05, 3.63) is 0 Å². The third-order valence-electron chi connectivity index (χ3n) is 4.11. The van der Waals surface area contributed by atoms with Crippen LogP contribution in [0.5, 0.6) is 0 Å². The van der Waals surface area contributed by atoms with Gasteiger partial charge in [0.25, 0.3) is 0 Å². The van der Waals surface area contributed by atoms with Crippen molar-refractivity contribution in [1.82, 2.24) is 0 Å². The second kappa shape index (κ2) is 15.8. The Morgan fingerprint density at radius 2 is 1.29 bits per heavy atom. The molecule has 0 aliphatic heterocycles. The molecule has 0 aliphatic rings. The molecule has 2 N–H and O–H groups in total. The van der Waals surface area contributed by atoms with E-state index in [-0.39, 0.29) is 4.20 Å². The molecule has 0 aromatic heterocycles. The molecular weight excluding hydrogens is 363 g/mol. The second-order valence-corrected chi connectivity index (χ2v) is 8.87. The van der Waals surface area contributed by atoms with E-state index in [4.69, 9.17) is 22.0 Å². The molecule has 0 bridgehead atoms. The van der Waals surface area contributed by atoms with Crippen molar-refractivity contribution in [2.75, 3.05) is 0 Å². The van der Waals surface area contributed by atoms with Crippen molar-refractivity contribution < 1.29 is 18.9 Å². The minimum Gasteiger partial charge on any atom is -0.303 e. The van der Waals surface area contributed by atoms with E-state index in [2.05, 4.69) is 24.1 Å². The molecule has 1 atom stereocenters. The van der Waals surface area contributed by atoms with Crippen LogP contribution < -0.4 is 0 Å². The van der Waals surface area contributed by atoms with Crippen LogP contribution in [0.1, 0.15) is 96.8 Å². The molecule has 0 saturated heterocycles. The van der Waals surface area contributed by atoms with Crippen LogP contribution in [0.25, 0.3) is 0 Å². The second-order valence-electron chi connectivity index (χ2n) is 6.45. The van der Waals surface area contributed by atoms with Gasteiger partial charge in [0.05, 0.1) is 4.20 Å². The van der Waals surface area contributed by atoms with E-state index in [9.17, 15) is 4.57 Å². The first-order valence-corrected chi connectivity index (χ1v) is 11.7. The summed E-state index contributed by atoms with van der Waals surface area (Å²) in [4.78, 5) is 17.7. The van der Waals surface area contributed by atoms with Gasteiger partial charge in [-0.1, -0.05) is 103 Å². The van der Waals surface area contributed by atoms with E-state index in [0.717, 1.165) is 19.3 Å². The molecule has 0 heterocycles. The Labute approximate surface area is 158 Å². The van der Waals surface area contributed by atoms with Crippen LogP contribution in [0, 0.1) is 0 Å². The van der Waals surface area contributed by atoms with Crippen LogP contribution in [0.2, 0.25) is 0 Å². The summed E-state index contributed by atoms with van der Waals surface area (Å²) in [6.07, 6.45) is 16.2. The molecule has 7 heteroatoms. The van der Waals surface area contributed by atoms with Crippen molar-refractivity contribution in [3.63, 3.8) is 0 Å². The lowest BCUT2D eigenvalue weighted by atomic mass is 10.0. The van der Waals surface area contributed by atoms with E-state index in [1.807, 2.05) is 0 Å². The normalized spacial score (nSPS) is 13.2. The van der Waals surface area contributed by atoms with Crippen molar-refractivity contribution >= 4 is 36.9 Å². The zero-order chi connectivity index (χ0) is 18.3. The average molecular weight is 399 g/mol. The Kier molecular flexibility index (Phi) is 16.1. The topological polar surface area (TPSA) is 66.8 Å². The highest BCUT2D eigenvalue weighted by atomic mass is 32.1. The van der Waals surface area contributed by atoms with Gasteiger partial charge in [0.2, 0.25) is 0 Å². The van der Waals surface area contributed by atoms with Crippen LogP contribution >= 0.6 is 32.7 Å². The zero-order valence-electron chi connectivity index (χ0n) is 15.0. The maximum absolute atomic E-state index is 10.9. The Bertz CT molecular complexity index is 360. The quantitative estimate of drug-likeness (QED) is 0.118. The van der Waals surface area contributed by atoms with E-state index in [0.29, 0.717) is 6.42 Å².